The monoisotopic (exact) mass is 384 g/mol. The Labute approximate surface area is 174 Å². The van der Waals surface area contributed by atoms with Gasteiger partial charge in [-0.2, -0.15) is 0 Å². The number of benzene rings is 2. The first-order chi connectivity index (χ1) is 14.0. The molecule has 29 heavy (non-hydrogen) atoms. The van der Waals surface area contributed by atoms with Gasteiger partial charge in [-0.3, -0.25) is 0 Å². The van der Waals surface area contributed by atoms with Crippen molar-refractivity contribution >= 4 is 12.6 Å². The zero-order chi connectivity index (χ0) is 19.4. The maximum absolute atomic E-state index is 6.05. The summed E-state index contributed by atoms with van der Waals surface area (Å²) >= 11 is 0. The first-order valence-corrected chi connectivity index (χ1v) is 11.5. The second-order valence-corrected chi connectivity index (χ2v) is 11.2. The van der Waals surface area contributed by atoms with Gasteiger partial charge in [-0.1, -0.05) is 42.5 Å². The van der Waals surface area contributed by atoms with Gasteiger partial charge in [0.1, 0.15) is 0 Å². The van der Waals surface area contributed by atoms with Crippen LogP contribution >= 0.6 is 0 Å². The third kappa shape index (κ3) is 2.38. The molecule has 3 heteroatoms. The molecule has 0 aromatic heterocycles. The molecule has 2 atom stereocenters. The third-order valence-corrected chi connectivity index (χ3v) is 8.78. The van der Waals surface area contributed by atoms with Crippen molar-refractivity contribution in [1.29, 1.82) is 0 Å². The van der Waals surface area contributed by atoms with Crippen LogP contribution in [0.3, 0.4) is 0 Å². The van der Waals surface area contributed by atoms with Crippen LogP contribution in [0.4, 0.5) is 0 Å². The van der Waals surface area contributed by atoms with Gasteiger partial charge in [-0.25, -0.2) is 0 Å². The molecule has 6 aliphatic carbocycles. The van der Waals surface area contributed by atoms with Crippen molar-refractivity contribution in [2.24, 2.45) is 17.8 Å². The molecule has 0 radical (unpaired) electrons. The van der Waals surface area contributed by atoms with E-state index in [0.717, 1.165) is 29.1 Å². The topological polar surface area (TPSA) is 18.5 Å². The smallest absolute Gasteiger partial charge is 0.404 e. The first kappa shape index (κ1) is 17.1. The van der Waals surface area contributed by atoms with Crippen LogP contribution in [0.25, 0.3) is 11.1 Å². The normalized spacial score (nSPS) is 37.9. The zero-order valence-electron chi connectivity index (χ0n) is 17.5. The molecule has 2 aromatic carbocycles. The van der Waals surface area contributed by atoms with Gasteiger partial charge >= 0.3 is 7.12 Å². The Balaban J connectivity index is 1.28. The van der Waals surface area contributed by atoms with Crippen LogP contribution in [0, 0.1) is 17.8 Å². The van der Waals surface area contributed by atoms with E-state index < -0.39 is 0 Å². The van der Waals surface area contributed by atoms with Crippen molar-refractivity contribution in [2.75, 3.05) is 6.61 Å². The number of hydrogen-bond donors (Lipinski definition) is 0. The predicted molar refractivity (Wildman–Crippen MR) is 116 cm³/mol. The van der Waals surface area contributed by atoms with Crippen molar-refractivity contribution < 1.29 is 9.31 Å². The lowest BCUT2D eigenvalue weighted by Gasteiger charge is -2.59. The minimum absolute atomic E-state index is 0.196. The van der Waals surface area contributed by atoms with E-state index in [2.05, 4.69) is 56.3 Å². The molecule has 9 rings (SSSR count). The molecular formula is C26H29BO2. The van der Waals surface area contributed by atoms with Crippen LogP contribution in [0.15, 0.2) is 42.5 Å². The molecule has 1 spiro atoms. The molecule has 1 heterocycles. The van der Waals surface area contributed by atoms with E-state index in [1.54, 1.807) is 11.1 Å². The fourth-order valence-corrected chi connectivity index (χ4v) is 7.98. The van der Waals surface area contributed by atoms with Gasteiger partial charge < -0.3 is 9.31 Å². The fourth-order valence-electron chi connectivity index (χ4n) is 7.98. The fraction of sp³-hybridized carbons (Fsp3) is 0.538. The molecule has 5 fully saturated rings. The van der Waals surface area contributed by atoms with Crippen LogP contribution in [0.1, 0.15) is 63.0 Å². The summed E-state index contributed by atoms with van der Waals surface area (Å²) in [4.78, 5) is 0. The molecule has 0 amide bonds. The van der Waals surface area contributed by atoms with E-state index in [1.165, 1.54) is 43.2 Å². The van der Waals surface area contributed by atoms with Crippen molar-refractivity contribution in [2.45, 2.75) is 62.9 Å². The molecule has 4 saturated carbocycles. The quantitative estimate of drug-likeness (QED) is 0.675. The lowest BCUT2D eigenvalue weighted by atomic mass is 9.45. The van der Waals surface area contributed by atoms with Crippen molar-refractivity contribution in [3.8, 4) is 11.1 Å². The molecular weight excluding hydrogens is 355 g/mol. The van der Waals surface area contributed by atoms with Gasteiger partial charge in [0, 0.05) is 0 Å². The Kier molecular flexibility index (Phi) is 3.29. The Morgan fingerprint density at radius 1 is 0.931 bits per heavy atom. The van der Waals surface area contributed by atoms with Gasteiger partial charge in [0.05, 0.1) is 12.2 Å². The standard InChI is InChI=1S/C26H29BO2/c1-25(2)15-28-27(29-25)21-6-3-17(4-7-21)22-8-5-18-11-23(22)26-12-16-9-19(13-26)24(18)20(10-16)14-26/h3-8,11,16,19-20,24H,9-10,12-15H2,1-2H3. The molecule has 1 saturated heterocycles. The Morgan fingerprint density at radius 2 is 1.69 bits per heavy atom. The summed E-state index contributed by atoms with van der Waals surface area (Å²) < 4.78 is 11.9. The van der Waals surface area contributed by atoms with Crippen molar-refractivity contribution in [3.63, 3.8) is 0 Å². The molecule has 7 aliphatic rings. The zero-order valence-corrected chi connectivity index (χ0v) is 17.5. The highest BCUT2D eigenvalue weighted by molar-refractivity contribution is 6.61. The predicted octanol–water partition coefficient (Wildman–Crippen LogP) is 5.05. The average Bonchev–Trinajstić information content (AvgIpc) is 3.01. The summed E-state index contributed by atoms with van der Waals surface area (Å²) in [6, 6.07) is 16.5. The Bertz CT molecular complexity index is 978. The van der Waals surface area contributed by atoms with E-state index in [-0.39, 0.29) is 12.7 Å². The highest BCUT2D eigenvalue weighted by atomic mass is 16.7. The van der Waals surface area contributed by atoms with E-state index in [9.17, 15) is 0 Å². The summed E-state index contributed by atoms with van der Waals surface area (Å²) in [6.07, 6.45) is 7.27. The largest absolute Gasteiger partial charge is 0.494 e. The molecule has 2 aromatic rings. The molecule has 0 N–H and O–H groups in total. The number of rotatable bonds is 2. The Hall–Kier alpha value is -1.58. The summed E-state index contributed by atoms with van der Waals surface area (Å²) in [5, 5.41) is 0. The molecule has 148 valence electrons. The van der Waals surface area contributed by atoms with E-state index in [4.69, 9.17) is 9.31 Å². The second-order valence-electron chi connectivity index (χ2n) is 11.2. The highest BCUT2D eigenvalue weighted by Crippen LogP contribution is 2.68. The van der Waals surface area contributed by atoms with Crippen LogP contribution in [0.2, 0.25) is 0 Å². The van der Waals surface area contributed by atoms with Crippen molar-refractivity contribution in [1.82, 2.24) is 0 Å². The molecule has 1 aliphatic heterocycles. The first-order valence-electron chi connectivity index (χ1n) is 11.5. The van der Waals surface area contributed by atoms with E-state index >= 15 is 0 Å². The third-order valence-electron chi connectivity index (χ3n) is 8.78. The van der Waals surface area contributed by atoms with Crippen LogP contribution in [0.5, 0.6) is 0 Å². The SMILES string of the molecule is CC1(C)COB(c2ccc(-c3ccc4cc3C35CC6CC(C3)C4C(C6)C5)cc2)O1. The second kappa shape index (κ2) is 5.56. The summed E-state index contributed by atoms with van der Waals surface area (Å²) in [5.41, 5.74) is 7.51. The van der Waals surface area contributed by atoms with Gasteiger partial charge in [0.25, 0.3) is 0 Å². The number of hydrogen-bond acceptors (Lipinski definition) is 2. The van der Waals surface area contributed by atoms with Crippen LogP contribution in [-0.2, 0) is 14.7 Å². The van der Waals surface area contributed by atoms with Gasteiger partial charge in [-0.05, 0) is 103 Å². The van der Waals surface area contributed by atoms with E-state index in [0.29, 0.717) is 12.0 Å². The minimum Gasteiger partial charge on any atom is -0.404 e. The molecule has 2 unspecified atom stereocenters. The molecule has 7 bridgehead atoms. The summed E-state index contributed by atoms with van der Waals surface area (Å²) in [7, 11) is -0.233. The maximum atomic E-state index is 6.05. The van der Waals surface area contributed by atoms with Gasteiger partial charge in [0.15, 0.2) is 0 Å². The van der Waals surface area contributed by atoms with Crippen LogP contribution in [-0.4, -0.2) is 19.3 Å². The lowest BCUT2D eigenvalue weighted by molar-refractivity contribution is -0.0205. The average molecular weight is 384 g/mol. The molecule has 2 nitrogen and oxygen atoms in total. The van der Waals surface area contributed by atoms with Gasteiger partial charge in [0.2, 0.25) is 0 Å². The Morgan fingerprint density at radius 3 is 2.38 bits per heavy atom. The lowest BCUT2D eigenvalue weighted by Crippen LogP contribution is -2.50. The minimum atomic E-state index is -0.233. The van der Waals surface area contributed by atoms with Crippen molar-refractivity contribution in [3.05, 3.63) is 53.6 Å². The van der Waals surface area contributed by atoms with E-state index in [1.807, 2.05) is 0 Å². The summed E-state index contributed by atoms with van der Waals surface area (Å²) in [6.45, 7) is 4.83. The highest BCUT2D eigenvalue weighted by Gasteiger charge is 2.58. The van der Waals surface area contributed by atoms with Gasteiger partial charge in [-0.15, -0.1) is 0 Å². The summed E-state index contributed by atoms with van der Waals surface area (Å²) in [5.74, 6) is 3.71. The maximum Gasteiger partial charge on any atom is 0.494 e. The van der Waals surface area contributed by atoms with Crippen LogP contribution < -0.4 is 5.46 Å².